The van der Waals surface area contributed by atoms with Crippen molar-refractivity contribution in [2.45, 2.75) is 57.4 Å². The minimum atomic E-state index is 0.195. The van der Waals surface area contributed by atoms with Crippen LogP contribution in [-0.2, 0) is 5.54 Å². The zero-order valence-corrected chi connectivity index (χ0v) is 11.0. The molecule has 3 heteroatoms. The molecule has 1 saturated carbocycles. The number of hydrogen-bond acceptors (Lipinski definition) is 3. The number of aromatic nitrogens is 1. The fourth-order valence-electron chi connectivity index (χ4n) is 2.62. The molecule has 0 amide bonds. The molecule has 0 atom stereocenters. The fraction of sp³-hybridized carbons (Fsp3) is 0.769. The standard InChI is InChI=1S/C13H22N2S/c1-2-9-15-13(12-14-10-11-16-12)7-5-3-4-6-8-13/h10-11,15H,2-9H2,1H3. The van der Waals surface area contributed by atoms with Crippen molar-refractivity contribution in [3.05, 3.63) is 16.6 Å². The first-order valence-electron chi connectivity index (χ1n) is 6.52. The summed E-state index contributed by atoms with van der Waals surface area (Å²) in [6.45, 7) is 3.35. The van der Waals surface area contributed by atoms with Crippen molar-refractivity contribution in [3.63, 3.8) is 0 Å². The molecule has 90 valence electrons. The van der Waals surface area contributed by atoms with Gasteiger partial charge >= 0.3 is 0 Å². The van der Waals surface area contributed by atoms with Crippen LogP contribution in [0, 0.1) is 0 Å². The smallest absolute Gasteiger partial charge is 0.113 e. The average molecular weight is 238 g/mol. The molecule has 0 aliphatic heterocycles. The van der Waals surface area contributed by atoms with Gasteiger partial charge in [-0.3, -0.25) is 0 Å². The number of nitrogens with one attached hydrogen (secondary N) is 1. The molecule has 1 aliphatic carbocycles. The summed E-state index contributed by atoms with van der Waals surface area (Å²) in [5.74, 6) is 0. The highest BCUT2D eigenvalue weighted by atomic mass is 32.1. The van der Waals surface area contributed by atoms with Crippen LogP contribution in [-0.4, -0.2) is 11.5 Å². The Kier molecular flexibility index (Phi) is 4.36. The minimum absolute atomic E-state index is 0.195. The molecule has 0 saturated heterocycles. The van der Waals surface area contributed by atoms with Gasteiger partial charge in [-0.2, -0.15) is 0 Å². The van der Waals surface area contributed by atoms with E-state index in [4.69, 9.17) is 0 Å². The van der Waals surface area contributed by atoms with E-state index in [2.05, 4.69) is 22.6 Å². The van der Waals surface area contributed by atoms with E-state index in [-0.39, 0.29) is 5.54 Å². The molecule has 2 rings (SSSR count). The lowest BCUT2D eigenvalue weighted by atomic mass is 9.90. The molecule has 2 nitrogen and oxygen atoms in total. The Morgan fingerprint density at radius 2 is 2.06 bits per heavy atom. The topological polar surface area (TPSA) is 24.9 Å². The lowest BCUT2D eigenvalue weighted by Crippen LogP contribution is -2.42. The molecule has 16 heavy (non-hydrogen) atoms. The third-order valence-electron chi connectivity index (χ3n) is 3.51. The van der Waals surface area contributed by atoms with Gasteiger partial charge < -0.3 is 5.32 Å². The van der Waals surface area contributed by atoms with Crippen LogP contribution in [0.1, 0.15) is 56.9 Å². The number of thiazole rings is 1. The molecule has 0 unspecified atom stereocenters. The highest BCUT2D eigenvalue weighted by Gasteiger charge is 2.34. The maximum absolute atomic E-state index is 4.56. The van der Waals surface area contributed by atoms with Gasteiger partial charge in [-0.25, -0.2) is 4.98 Å². The predicted octanol–water partition coefficient (Wildman–Crippen LogP) is 3.69. The van der Waals surface area contributed by atoms with E-state index in [9.17, 15) is 0 Å². The number of hydrogen-bond donors (Lipinski definition) is 1. The molecule has 0 spiro atoms. The van der Waals surface area contributed by atoms with Crippen LogP contribution in [0.4, 0.5) is 0 Å². The molecular formula is C13H22N2S. The van der Waals surface area contributed by atoms with Crippen molar-refractivity contribution in [3.8, 4) is 0 Å². The van der Waals surface area contributed by atoms with Gasteiger partial charge in [0.25, 0.3) is 0 Å². The van der Waals surface area contributed by atoms with E-state index in [1.165, 1.54) is 50.0 Å². The first-order chi connectivity index (χ1) is 7.87. The zero-order valence-electron chi connectivity index (χ0n) is 10.2. The van der Waals surface area contributed by atoms with Crippen molar-refractivity contribution in [1.29, 1.82) is 0 Å². The third kappa shape index (κ3) is 2.64. The Morgan fingerprint density at radius 3 is 2.62 bits per heavy atom. The van der Waals surface area contributed by atoms with Crippen molar-refractivity contribution in [1.82, 2.24) is 10.3 Å². The summed E-state index contributed by atoms with van der Waals surface area (Å²) in [7, 11) is 0. The highest BCUT2D eigenvalue weighted by molar-refractivity contribution is 7.09. The SMILES string of the molecule is CCCNC1(c2nccs2)CCCCCC1. The van der Waals surface area contributed by atoms with Crippen LogP contribution in [0.2, 0.25) is 0 Å². The first-order valence-corrected chi connectivity index (χ1v) is 7.40. The van der Waals surface area contributed by atoms with E-state index in [1.54, 1.807) is 0 Å². The molecule has 0 bridgehead atoms. The van der Waals surface area contributed by atoms with Crippen molar-refractivity contribution < 1.29 is 0 Å². The van der Waals surface area contributed by atoms with E-state index in [0.29, 0.717) is 0 Å². The van der Waals surface area contributed by atoms with Crippen LogP contribution in [0.15, 0.2) is 11.6 Å². The van der Waals surface area contributed by atoms with E-state index >= 15 is 0 Å². The van der Waals surface area contributed by atoms with Crippen molar-refractivity contribution >= 4 is 11.3 Å². The van der Waals surface area contributed by atoms with Crippen molar-refractivity contribution in [2.75, 3.05) is 6.54 Å². The van der Waals surface area contributed by atoms with Crippen LogP contribution in [0.5, 0.6) is 0 Å². The van der Waals surface area contributed by atoms with Gasteiger partial charge in [-0.05, 0) is 25.8 Å². The quantitative estimate of drug-likeness (QED) is 0.809. The summed E-state index contributed by atoms with van der Waals surface area (Å²) in [5, 5.41) is 7.19. The second-order valence-corrected chi connectivity index (χ2v) is 5.65. The Labute approximate surface area is 102 Å². The Bertz CT molecular complexity index is 287. The monoisotopic (exact) mass is 238 g/mol. The molecule has 0 aromatic carbocycles. The lowest BCUT2D eigenvalue weighted by Gasteiger charge is -2.32. The second kappa shape index (κ2) is 5.78. The van der Waals surface area contributed by atoms with Gasteiger partial charge in [-0.1, -0.05) is 32.6 Å². The third-order valence-corrected chi connectivity index (χ3v) is 4.49. The minimum Gasteiger partial charge on any atom is -0.305 e. The Morgan fingerprint density at radius 1 is 1.31 bits per heavy atom. The Balaban J connectivity index is 2.16. The maximum atomic E-state index is 4.56. The summed E-state index contributed by atoms with van der Waals surface area (Å²) in [6.07, 6.45) is 11.1. The van der Waals surface area contributed by atoms with Gasteiger partial charge in [0.05, 0.1) is 5.54 Å². The van der Waals surface area contributed by atoms with E-state index in [0.717, 1.165) is 6.54 Å². The largest absolute Gasteiger partial charge is 0.305 e. The summed E-state index contributed by atoms with van der Waals surface area (Å²) in [6, 6.07) is 0. The molecular weight excluding hydrogens is 216 g/mol. The fourth-order valence-corrected chi connectivity index (χ4v) is 3.50. The first kappa shape index (κ1) is 12.1. The molecule has 1 aromatic rings. The van der Waals surface area contributed by atoms with E-state index in [1.807, 2.05) is 17.5 Å². The summed E-state index contributed by atoms with van der Waals surface area (Å²) < 4.78 is 0. The van der Waals surface area contributed by atoms with Crippen LogP contribution in [0.25, 0.3) is 0 Å². The molecule has 1 aromatic heterocycles. The van der Waals surface area contributed by atoms with Crippen LogP contribution in [0.3, 0.4) is 0 Å². The molecule has 0 radical (unpaired) electrons. The van der Waals surface area contributed by atoms with E-state index < -0.39 is 0 Å². The second-order valence-electron chi connectivity index (χ2n) is 4.76. The molecule has 1 heterocycles. The van der Waals surface area contributed by atoms with Gasteiger partial charge in [0.2, 0.25) is 0 Å². The summed E-state index contributed by atoms with van der Waals surface area (Å²) >= 11 is 1.81. The zero-order chi connectivity index (χ0) is 11.3. The van der Waals surface area contributed by atoms with Gasteiger partial charge in [0, 0.05) is 11.6 Å². The van der Waals surface area contributed by atoms with Crippen LogP contribution >= 0.6 is 11.3 Å². The number of nitrogens with zero attached hydrogens (tertiary/aromatic N) is 1. The number of rotatable bonds is 4. The molecule has 1 fully saturated rings. The lowest BCUT2D eigenvalue weighted by molar-refractivity contribution is 0.290. The average Bonchev–Trinajstić information content (AvgIpc) is 2.74. The predicted molar refractivity (Wildman–Crippen MR) is 69.8 cm³/mol. The molecule has 1 N–H and O–H groups in total. The summed E-state index contributed by atoms with van der Waals surface area (Å²) in [4.78, 5) is 4.56. The normalized spacial score (nSPS) is 20.6. The van der Waals surface area contributed by atoms with Gasteiger partial charge in [-0.15, -0.1) is 11.3 Å². The van der Waals surface area contributed by atoms with Crippen molar-refractivity contribution in [2.24, 2.45) is 0 Å². The van der Waals surface area contributed by atoms with Gasteiger partial charge in [0.1, 0.15) is 5.01 Å². The Hall–Kier alpha value is -0.410. The molecule has 1 aliphatic rings. The summed E-state index contributed by atoms with van der Waals surface area (Å²) in [5.41, 5.74) is 0.195. The van der Waals surface area contributed by atoms with Crippen LogP contribution < -0.4 is 5.32 Å². The highest BCUT2D eigenvalue weighted by Crippen LogP contribution is 2.36. The van der Waals surface area contributed by atoms with Gasteiger partial charge in [0.15, 0.2) is 0 Å². The maximum Gasteiger partial charge on any atom is 0.113 e.